The number of phenols is 1. The lowest BCUT2D eigenvalue weighted by atomic mass is 10.0. The van der Waals surface area contributed by atoms with Gasteiger partial charge in [0.2, 0.25) is 0 Å². The van der Waals surface area contributed by atoms with E-state index in [1.807, 2.05) is 6.92 Å². The molecule has 0 heterocycles. The molecule has 0 aromatic heterocycles. The van der Waals surface area contributed by atoms with E-state index in [9.17, 15) is 15.0 Å². The summed E-state index contributed by atoms with van der Waals surface area (Å²) in [5, 5.41) is 20.4. The monoisotopic (exact) mass is 359 g/mol. The summed E-state index contributed by atoms with van der Waals surface area (Å²) in [5.41, 5.74) is 7.10. The van der Waals surface area contributed by atoms with Crippen LogP contribution in [0.1, 0.15) is 36.2 Å². The number of ketones is 1. The van der Waals surface area contributed by atoms with E-state index in [1.54, 1.807) is 30.3 Å². The quantitative estimate of drug-likeness (QED) is 0.470. The van der Waals surface area contributed by atoms with Gasteiger partial charge in [-0.15, -0.1) is 0 Å². The Morgan fingerprint density at radius 2 is 1.92 bits per heavy atom. The Bertz CT molecular complexity index is 760. The number of rotatable bonds is 9. The van der Waals surface area contributed by atoms with Crippen molar-refractivity contribution < 1.29 is 24.5 Å². The summed E-state index contributed by atoms with van der Waals surface area (Å²) in [4.78, 5) is 11.6. The first kappa shape index (κ1) is 19.6. The van der Waals surface area contributed by atoms with Crippen molar-refractivity contribution in [2.45, 2.75) is 32.8 Å². The number of hydrogen-bond donors (Lipinski definition) is 3. The first-order valence-corrected chi connectivity index (χ1v) is 8.57. The number of Topliss-reactive ketones (excluding diaryl/α,β-unsaturated/α-hetero) is 1. The van der Waals surface area contributed by atoms with Crippen molar-refractivity contribution >= 4 is 11.5 Å². The Kier molecular flexibility index (Phi) is 6.86. The molecule has 2 rings (SSSR count). The van der Waals surface area contributed by atoms with Gasteiger partial charge in [0.15, 0.2) is 5.78 Å². The number of nitrogen functional groups attached to an aromatic ring is 1. The van der Waals surface area contributed by atoms with Gasteiger partial charge in [0.25, 0.3) is 0 Å². The highest BCUT2D eigenvalue weighted by Crippen LogP contribution is 2.33. The molecule has 0 amide bonds. The van der Waals surface area contributed by atoms with Crippen LogP contribution in [0.3, 0.4) is 0 Å². The summed E-state index contributed by atoms with van der Waals surface area (Å²) >= 11 is 0. The van der Waals surface area contributed by atoms with Crippen molar-refractivity contribution in [3.8, 4) is 17.2 Å². The number of ether oxygens (including phenoxy) is 2. The third kappa shape index (κ3) is 5.13. The minimum atomic E-state index is -0.861. The predicted molar refractivity (Wildman–Crippen MR) is 100.0 cm³/mol. The first-order valence-electron chi connectivity index (χ1n) is 8.57. The van der Waals surface area contributed by atoms with Gasteiger partial charge < -0.3 is 25.4 Å². The molecule has 0 aliphatic carbocycles. The number of carbonyl (C=O) groups excluding carboxylic acids is 1. The molecule has 4 N–H and O–H groups in total. The molecule has 0 fully saturated rings. The van der Waals surface area contributed by atoms with Gasteiger partial charge in [-0.2, -0.15) is 0 Å². The van der Waals surface area contributed by atoms with Crippen LogP contribution in [0, 0.1) is 0 Å². The molecule has 0 bridgehead atoms. The van der Waals surface area contributed by atoms with Crippen LogP contribution in [0.15, 0.2) is 36.4 Å². The Hall–Kier alpha value is -2.73. The first-order chi connectivity index (χ1) is 12.4. The van der Waals surface area contributed by atoms with E-state index in [1.165, 1.54) is 13.0 Å². The van der Waals surface area contributed by atoms with Crippen molar-refractivity contribution in [3.05, 3.63) is 47.5 Å². The van der Waals surface area contributed by atoms with E-state index in [-0.39, 0.29) is 30.3 Å². The number of phenolic OH excluding ortho intramolecular Hbond substituents is 1. The Morgan fingerprint density at radius 1 is 1.19 bits per heavy atom. The molecule has 140 valence electrons. The van der Waals surface area contributed by atoms with Crippen molar-refractivity contribution in [1.82, 2.24) is 0 Å². The second-order valence-corrected chi connectivity index (χ2v) is 6.09. The number of aliphatic hydroxyl groups is 1. The van der Waals surface area contributed by atoms with Crippen LogP contribution >= 0.6 is 0 Å². The molecule has 0 saturated heterocycles. The fourth-order valence-electron chi connectivity index (χ4n) is 2.56. The average Bonchev–Trinajstić information content (AvgIpc) is 2.60. The van der Waals surface area contributed by atoms with Crippen LogP contribution in [0.25, 0.3) is 0 Å². The molecule has 0 spiro atoms. The lowest BCUT2D eigenvalue weighted by Crippen LogP contribution is -2.25. The Labute approximate surface area is 153 Å². The van der Waals surface area contributed by atoms with Gasteiger partial charge in [0, 0.05) is 17.3 Å². The van der Waals surface area contributed by atoms with Gasteiger partial charge in [-0.25, -0.2) is 0 Å². The van der Waals surface area contributed by atoms with E-state index in [2.05, 4.69) is 0 Å². The highest BCUT2D eigenvalue weighted by Gasteiger charge is 2.17. The fraction of sp³-hybridized carbons (Fsp3) is 0.350. The van der Waals surface area contributed by atoms with Crippen molar-refractivity contribution in [3.63, 3.8) is 0 Å². The Balaban J connectivity index is 1.99. The van der Waals surface area contributed by atoms with E-state index >= 15 is 0 Å². The van der Waals surface area contributed by atoms with Gasteiger partial charge in [-0.05, 0) is 37.6 Å². The summed E-state index contributed by atoms with van der Waals surface area (Å²) in [6.45, 7) is 3.42. The lowest BCUT2D eigenvalue weighted by Gasteiger charge is -2.17. The number of benzene rings is 2. The highest BCUT2D eigenvalue weighted by atomic mass is 16.5. The summed E-state index contributed by atoms with van der Waals surface area (Å²) in [7, 11) is 0. The van der Waals surface area contributed by atoms with E-state index in [4.69, 9.17) is 15.2 Å². The lowest BCUT2D eigenvalue weighted by molar-refractivity contribution is 0.0622. The molecule has 6 heteroatoms. The predicted octanol–water partition coefficient (Wildman–Crippen LogP) is 2.95. The minimum absolute atomic E-state index is 0.00210. The van der Waals surface area contributed by atoms with Crippen molar-refractivity contribution in [1.29, 1.82) is 0 Å². The van der Waals surface area contributed by atoms with Gasteiger partial charge in [-0.3, -0.25) is 4.79 Å². The number of hydrogen-bond acceptors (Lipinski definition) is 6. The van der Waals surface area contributed by atoms with Gasteiger partial charge in [0.05, 0.1) is 5.56 Å². The van der Waals surface area contributed by atoms with Crippen molar-refractivity contribution in [2.75, 3.05) is 18.9 Å². The van der Waals surface area contributed by atoms with Gasteiger partial charge in [-0.1, -0.05) is 19.4 Å². The SMILES string of the molecule is CCCc1c(OCC(O)COc2cccc(N)c2)ccc(C(C)=O)c1O. The summed E-state index contributed by atoms with van der Waals surface area (Å²) in [6, 6.07) is 10.1. The molecule has 1 unspecified atom stereocenters. The maximum Gasteiger partial charge on any atom is 0.163 e. The molecular weight excluding hydrogens is 334 g/mol. The fourth-order valence-corrected chi connectivity index (χ4v) is 2.56. The van der Waals surface area contributed by atoms with Crippen LogP contribution in [0.5, 0.6) is 17.2 Å². The smallest absolute Gasteiger partial charge is 0.163 e. The molecule has 0 aliphatic rings. The maximum atomic E-state index is 11.6. The minimum Gasteiger partial charge on any atom is -0.507 e. The molecule has 0 aliphatic heterocycles. The third-order valence-corrected chi connectivity index (χ3v) is 3.85. The number of aliphatic hydroxyl groups excluding tert-OH is 1. The van der Waals surface area contributed by atoms with Crippen LogP contribution in [-0.4, -0.2) is 35.3 Å². The van der Waals surface area contributed by atoms with E-state index in [0.29, 0.717) is 29.2 Å². The van der Waals surface area contributed by atoms with Gasteiger partial charge >= 0.3 is 0 Å². The van der Waals surface area contributed by atoms with Gasteiger partial charge in [0.1, 0.15) is 36.6 Å². The molecule has 1 atom stereocenters. The molecular formula is C20H25NO5. The maximum absolute atomic E-state index is 11.6. The number of anilines is 1. The zero-order chi connectivity index (χ0) is 19.1. The number of aromatic hydroxyl groups is 1. The second-order valence-electron chi connectivity index (χ2n) is 6.09. The highest BCUT2D eigenvalue weighted by molar-refractivity contribution is 5.97. The topological polar surface area (TPSA) is 102 Å². The number of nitrogens with two attached hydrogens (primary N) is 1. The molecule has 0 radical (unpaired) electrons. The van der Waals surface area contributed by atoms with Crippen LogP contribution in [-0.2, 0) is 6.42 Å². The van der Waals surface area contributed by atoms with E-state index in [0.717, 1.165) is 6.42 Å². The van der Waals surface area contributed by atoms with Crippen LogP contribution < -0.4 is 15.2 Å². The molecule has 0 saturated carbocycles. The molecule has 6 nitrogen and oxygen atoms in total. The average molecular weight is 359 g/mol. The summed E-state index contributed by atoms with van der Waals surface area (Å²) in [5.74, 6) is 0.765. The summed E-state index contributed by atoms with van der Waals surface area (Å²) in [6.07, 6.45) is 0.491. The van der Waals surface area contributed by atoms with E-state index < -0.39 is 6.10 Å². The molecule has 2 aromatic rings. The molecule has 2 aromatic carbocycles. The largest absolute Gasteiger partial charge is 0.507 e. The third-order valence-electron chi connectivity index (χ3n) is 3.85. The Morgan fingerprint density at radius 3 is 2.58 bits per heavy atom. The zero-order valence-electron chi connectivity index (χ0n) is 15.1. The normalized spacial score (nSPS) is 11.8. The van der Waals surface area contributed by atoms with Crippen LogP contribution in [0.4, 0.5) is 5.69 Å². The standard InChI is InChI=1S/C20H25NO5/c1-3-5-18-19(9-8-17(13(2)22)20(18)24)26-12-15(23)11-25-16-7-4-6-14(21)10-16/h4,6-10,15,23-24H,3,5,11-12,21H2,1-2H3. The summed E-state index contributed by atoms with van der Waals surface area (Å²) < 4.78 is 11.1. The second kappa shape index (κ2) is 9.10. The zero-order valence-corrected chi connectivity index (χ0v) is 15.1. The number of carbonyl (C=O) groups is 1. The van der Waals surface area contributed by atoms with Crippen molar-refractivity contribution in [2.24, 2.45) is 0 Å². The molecule has 26 heavy (non-hydrogen) atoms. The van der Waals surface area contributed by atoms with Crippen LogP contribution in [0.2, 0.25) is 0 Å².